The Morgan fingerprint density at radius 2 is 1.84 bits per heavy atom. The molecule has 19 heavy (non-hydrogen) atoms. The fourth-order valence-electron chi connectivity index (χ4n) is 1.94. The summed E-state index contributed by atoms with van der Waals surface area (Å²) >= 11 is 0. The van der Waals surface area contributed by atoms with Gasteiger partial charge in [0.2, 0.25) is 0 Å². The van der Waals surface area contributed by atoms with Crippen molar-refractivity contribution in [1.82, 2.24) is 5.06 Å². The van der Waals surface area contributed by atoms with Crippen LogP contribution in [0, 0.1) is 0 Å². The van der Waals surface area contributed by atoms with Crippen molar-refractivity contribution >= 4 is 0 Å². The molecule has 0 saturated heterocycles. The Morgan fingerprint density at radius 1 is 1.26 bits per heavy atom. The lowest BCUT2D eigenvalue weighted by atomic mass is 10.0. The van der Waals surface area contributed by atoms with Crippen molar-refractivity contribution in [2.75, 3.05) is 13.7 Å². The number of rotatable bonds is 6. The largest absolute Gasteiger partial charge is 0.406 e. The molecule has 108 valence electrons. The molecule has 0 aliphatic carbocycles. The average molecular weight is 277 g/mol. The van der Waals surface area contributed by atoms with Crippen LogP contribution in [0.1, 0.15) is 24.9 Å². The number of methoxy groups -OCH3 is 1. The third-order valence-electron chi connectivity index (χ3n) is 2.91. The van der Waals surface area contributed by atoms with Gasteiger partial charge in [-0.1, -0.05) is 37.3 Å². The van der Waals surface area contributed by atoms with E-state index in [1.54, 1.807) is 30.3 Å². The molecule has 0 bridgehead atoms. The Hall–Kier alpha value is -1.11. The van der Waals surface area contributed by atoms with E-state index in [-0.39, 0.29) is 13.0 Å². The zero-order chi connectivity index (χ0) is 14.5. The monoisotopic (exact) mass is 277 g/mol. The minimum Gasteiger partial charge on any atom is -0.383 e. The highest BCUT2D eigenvalue weighted by Gasteiger charge is 2.44. The number of ether oxygens (including phenoxy) is 1. The van der Waals surface area contributed by atoms with E-state index in [0.717, 1.165) is 0 Å². The highest BCUT2D eigenvalue weighted by molar-refractivity contribution is 5.19. The van der Waals surface area contributed by atoms with Crippen molar-refractivity contribution in [2.24, 2.45) is 0 Å². The molecule has 0 heterocycles. The molecule has 0 aliphatic rings. The fourth-order valence-corrected chi connectivity index (χ4v) is 1.94. The van der Waals surface area contributed by atoms with Gasteiger partial charge in [-0.3, -0.25) is 0 Å². The van der Waals surface area contributed by atoms with Gasteiger partial charge in [0.25, 0.3) is 0 Å². The van der Waals surface area contributed by atoms with Crippen LogP contribution >= 0.6 is 0 Å². The van der Waals surface area contributed by atoms with Crippen LogP contribution in [0.25, 0.3) is 0 Å². The van der Waals surface area contributed by atoms with E-state index >= 15 is 0 Å². The maximum absolute atomic E-state index is 12.8. The Morgan fingerprint density at radius 3 is 2.26 bits per heavy atom. The molecule has 0 aliphatic heterocycles. The molecule has 0 aromatic heterocycles. The molecular formula is C13H18F3NO2. The minimum absolute atomic E-state index is 0.0207. The first kappa shape index (κ1) is 15.9. The van der Waals surface area contributed by atoms with Crippen LogP contribution in [0.3, 0.4) is 0 Å². The van der Waals surface area contributed by atoms with E-state index in [2.05, 4.69) is 0 Å². The second-order valence-electron chi connectivity index (χ2n) is 4.23. The summed E-state index contributed by atoms with van der Waals surface area (Å²) in [4.78, 5) is 0. The van der Waals surface area contributed by atoms with Gasteiger partial charge in [0.1, 0.15) is 6.04 Å². The summed E-state index contributed by atoms with van der Waals surface area (Å²) in [5.41, 5.74) is 0.578. The predicted octanol–water partition coefficient (Wildman–Crippen LogP) is 3.41. The van der Waals surface area contributed by atoms with Crippen LogP contribution in [0.4, 0.5) is 13.2 Å². The van der Waals surface area contributed by atoms with Gasteiger partial charge in [-0.2, -0.15) is 18.2 Å². The van der Waals surface area contributed by atoms with Gasteiger partial charge in [-0.05, 0) is 12.0 Å². The van der Waals surface area contributed by atoms with Crippen molar-refractivity contribution in [3.05, 3.63) is 35.9 Å². The average Bonchev–Trinajstić information content (AvgIpc) is 2.36. The number of nitrogens with zero attached hydrogens (tertiary/aromatic N) is 1. The quantitative estimate of drug-likeness (QED) is 0.809. The van der Waals surface area contributed by atoms with E-state index in [9.17, 15) is 18.4 Å². The van der Waals surface area contributed by atoms with E-state index < -0.39 is 18.3 Å². The predicted molar refractivity (Wildman–Crippen MR) is 64.8 cm³/mol. The molecule has 3 nitrogen and oxygen atoms in total. The van der Waals surface area contributed by atoms with Gasteiger partial charge in [-0.25, -0.2) is 0 Å². The Labute approximate surface area is 110 Å². The van der Waals surface area contributed by atoms with Crippen molar-refractivity contribution in [1.29, 1.82) is 0 Å². The summed E-state index contributed by atoms with van der Waals surface area (Å²) in [5, 5.41) is 10.3. The molecule has 1 N–H and O–H groups in total. The Balaban J connectivity index is 2.98. The van der Waals surface area contributed by atoms with Crippen LogP contribution in [0.2, 0.25) is 0 Å². The maximum atomic E-state index is 12.8. The van der Waals surface area contributed by atoms with Crippen molar-refractivity contribution in [2.45, 2.75) is 31.6 Å². The molecule has 0 saturated carbocycles. The van der Waals surface area contributed by atoms with Gasteiger partial charge in [-0.15, -0.1) is 0 Å². The second kappa shape index (κ2) is 6.88. The van der Waals surface area contributed by atoms with Gasteiger partial charge in [0.05, 0.1) is 12.6 Å². The van der Waals surface area contributed by atoms with E-state index in [1.165, 1.54) is 14.0 Å². The van der Waals surface area contributed by atoms with Gasteiger partial charge < -0.3 is 9.94 Å². The lowest BCUT2D eigenvalue weighted by Crippen LogP contribution is -2.46. The number of hydrogen-bond acceptors (Lipinski definition) is 3. The Bertz CT molecular complexity index is 370. The van der Waals surface area contributed by atoms with E-state index in [0.29, 0.717) is 10.6 Å². The van der Waals surface area contributed by atoms with E-state index in [4.69, 9.17) is 4.74 Å². The van der Waals surface area contributed by atoms with Crippen LogP contribution in [-0.2, 0) is 4.74 Å². The molecule has 6 heteroatoms. The molecule has 0 radical (unpaired) electrons. The number of hydrogen-bond donors (Lipinski definition) is 1. The van der Waals surface area contributed by atoms with Crippen LogP contribution < -0.4 is 0 Å². The van der Waals surface area contributed by atoms with Crippen molar-refractivity contribution in [3.63, 3.8) is 0 Å². The minimum atomic E-state index is -4.48. The first-order chi connectivity index (χ1) is 8.91. The molecule has 1 aromatic rings. The third-order valence-corrected chi connectivity index (χ3v) is 2.91. The lowest BCUT2D eigenvalue weighted by molar-refractivity contribution is -0.272. The summed E-state index contributed by atoms with van der Waals surface area (Å²) in [6, 6.07) is 5.74. The van der Waals surface area contributed by atoms with Gasteiger partial charge >= 0.3 is 6.18 Å². The molecule has 0 fully saturated rings. The molecule has 1 aromatic carbocycles. The summed E-state index contributed by atoms with van der Waals surface area (Å²) in [6.45, 7) is 1.36. The van der Waals surface area contributed by atoms with Crippen LogP contribution in [0.5, 0.6) is 0 Å². The summed E-state index contributed by atoms with van der Waals surface area (Å²) in [5.74, 6) is 0. The normalized spacial score (nSPS) is 15.5. The number of alkyl halides is 3. The topological polar surface area (TPSA) is 32.7 Å². The molecular weight excluding hydrogens is 259 g/mol. The fraction of sp³-hybridized carbons (Fsp3) is 0.538. The molecule has 0 amide bonds. The van der Waals surface area contributed by atoms with Crippen LogP contribution in [0.15, 0.2) is 30.3 Å². The van der Waals surface area contributed by atoms with Crippen molar-refractivity contribution in [3.8, 4) is 0 Å². The maximum Gasteiger partial charge on any atom is 0.406 e. The highest BCUT2D eigenvalue weighted by Crippen LogP contribution is 2.32. The van der Waals surface area contributed by atoms with Gasteiger partial charge in [0.15, 0.2) is 0 Å². The molecule has 1 unspecified atom stereocenters. The van der Waals surface area contributed by atoms with E-state index in [1.807, 2.05) is 0 Å². The van der Waals surface area contributed by atoms with Crippen LogP contribution in [-0.4, -0.2) is 36.2 Å². The highest BCUT2D eigenvalue weighted by atomic mass is 19.4. The number of hydroxylamine groups is 2. The van der Waals surface area contributed by atoms with Crippen molar-refractivity contribution < 1.29 is 23.1 Å². The summed E-state index contributed by atoms with van der Waals surface area (Å²) in [7, 11) is 1.39. The zero-order valence-electron chi connectivity index (χ0n) is 10.9. The first-order valence-electron chi connectivity index (χ1n) is 5.99. The standard InChI is InChI=1S/C13H18F3NO2/c1-3-12(13(14,15)16)17(18)11(9-19-2)10-7-5-4-6-8-10/h4-8,11-12,18H,3,9H2,1-2H3/t11-,12?/m0/s1. The molecule has 2 atom stereocenters. The third kappa shape index (κ3) is 4.19. The smallest absolute Gasteiger partial charge is 0.383 e. The second-order valence-corrected chi connectivity index (χ2v) is 4.23. The molecule has 1 rings (SSSR count). The van der Waals surface area contributed by atoms with Gasteiger partial charge in [0, 0.05) is 7.11 Å². The SMILES string of the molecule is CCC(N(O)[C@@H](COC)c1ccccc1)C(F)(F)F. The molecule has 0 spiro atoms. The first-order valence-corrected chi connectivity index (χ1v) is 5.99. The number of benzene rings is 1. The lowest BCUT2D eigenvalue weighted by Gasteiger charge is -2.33. The summed E-state index contributed by atoms with van der Waals surface area (Å²) < 4.78 is 43.5. The summed E-state index contributed by atoms with van der Waals surface area (Å²) in [6.07, 6.45) is -4.71. The number of halogens is 3. The Kier molecular flexibility index (Phi) is 5.78. The zero-order valence-corrected chi connectivity index (χ0v) is 10.9.